The van der Waals surface area contributed by atoms with Crippen molar-refractivity contribution in [1.29, 1.82) is 0 Å². The highest BCUT2D eigenvalue weighted by Gasteiger charge is 2.19. The lowest BCUT2D eigenvalue weighted by atomic mass is 10.0. The van der Waals surface area contributed by atoms with Crippen LogP contribution in [-0.2, 0) is 0 Å². The van der Waals surface area contributed by atoms with Crippen LogP contribution in [0.3, 0.4) is 0 Å². The van der Waals surface area contributed by atoms with Crippen molar-refractivity contribution in [2.24, 2.45) is 5.73 Å². The number of nitrogens with two attached hydrogens (primary N) is 1. The normalized spacial score (nSPS) is 16.2. The van der Waals surface area contributed by atoms with Gasteiger partial charge in [0.2, 0.25) is 5.95 Å². The monoisotopic (exact) mass is 464 g/mol. The van der Waals surface area contributed by atoms with Crippen molar-refractivity contribution in [3.05, 3.63) is 65.8 Å². The molecule has 1 unspecified atom stereocenters. The minimum absolute atomic E-state index is 0.0402. The molecule has 0 amide bonds. The smallest absolute Gasteiger partial charge is 0.225 e. The molecule has 1 aliphatic heterocycles. The first-order valence-electron chi connectivity index (χ1n) is 10.6. The van der Waals surface area contributed by atoms with E-state index < -0.39 is 11.6 Å². The number of aromatic hydroxyl groups is 1. The Labute approximate surface area is 195 Å². The minimum atomic E-state index is -0.769. The molecule has 3 heterocycles. The van der Waals surface area contributed by atoms with Gasteiger partial charge in [-0.1, -0.05) is 17.7 Å². The molecule has 2 aromatic heterocycles. The maximum absolute atomic E-state index is 14.0. The summed E-state index contributed by atoms with van der Waals surface area (Å²) < 4.78 is 14.0. The molecule has 2 aromatic carbocycles. The largest absolute Gasteiger partial charge is 0.504 e. The van der Waals surface area contributed by atoms with Crippen molar-refractivity contribution >= 4 is 39.8 Å². The van der Waals surface area contributed by atoms with Crippen LogP contribution in [0.25, 0.3) is 22.0 Å². The van der Waals surface area contributed by atoms with E-state index in [9.17, 15) is 9.50 Å². The number of fused-ring (bicyclic) bond motifs is 1. The Kier molecular flexibility index (Phi) is 5.70. The van der Waals surface area contributed by atoms with Crippen LogP contribution in [0.1, 0.15) is 12.8 Å². The third-order valence-electron chi connectivity index (χ3n) is 5.75. The number of phenols is 1. The van der Waals surface area contributed by atoms with Gasteiger partial charge in [-0.25, -0.2) is 14.4 Å². The van der Waals surface area contributed by atoms with Gasteiger partial charge in [0.15, 0.2) is 11.6 Å². The van der Waals surface area contributed by atoms with E-state index in [1.807, 2.05) is 24.3 Å². The molecule has 0 aliphatic carbocycles. The highest BCUT2D eigenvalue weighted by Crippen LogP contribution is 2.35. The van der Waals surface area contributed by atoms with Gasteiger partial charge in [-0.2, -0.15) is 0 Å². The van der Waals surface area contributed by atoms with E-state index in [1.54, 1.807) is 18.6 Å². The molecule has 0 spiro atoms. The van der Waals surface area contributed by atoms with Crippen LogP contribution in [0.4, 0.5) is 21.7 Å². The lowest BCUT2D eigenvalue weighted by Gasteiger charge is -2.30. The summed E-state index contributed by atoms with van der Waals surface area (Å²) in [5.74, 6) is -0.655. The Morgan fingerprint density at radius 2 is 1.91 bits per heavy atom. The minimum Gasteiger partial charge on any atom is -0.504 e. The molecular weight excluding hydrogens is 443 g/mol. The van der Waals surface area contributed by atoms with E-state index in [-0.39, 0.29) is 11.1 Å². The predicted molar refractivity (Wildman–Crippen MR) is 129 cm³/mol. The zero-order chi connectivity index (χ0) is 22.9. The third-order valence-corrected chi connectivity index (χ3v) is 6.04. The fourth-order valence-corrected chi connectivity index (χ4v) is 4.27. The van der Waals surface area contributed by atoms with E-state index in [2.05, 4.69) is 25.2 Å². The van der Waals surface area contributed by atoms with Crippen molar-refractivity contribution < 1.29 is 9.50 Å². The van der Waals surface area contributed by atoms with Crippen LogP contribution in [0.15, 0.2) is 55.0 Å². The molecule has 1 atom stereocenters. The maximum Gasteiger partial charge on any atom is 0.225 e. The summed E-state index contributed by atoms with van der Waals surface area (Å²) in [6.07, 6.45) is 7.26. The average molecular weight is 465 g/mol. The van der Waals surface area contributed by atoms with Gasteiger partial charge < -0.3 is 21.1 Å². The Morgan fingerprint density at radius 3 is 2.67 bits per heavy atom. The Balaban J connectivity index is 1.44. The molecule has 1 saturated heterocycles. The van der Waals surface area contributed by atoms with E-state index in [0.29, 0.717) is 11.5 Å². The van der Waals surface area contributed by atoms with Crippen LogP contribution >= 0.6 is 11.6 Å². The highest BCUT2D eigenvalue weighted by atomic mass is 35.5. The Hall–Kier alpha value is -3.49. The lowest BCUT2D eigenvalue weighted by molar-refractivity contribution is 0.433. The summed E-state index contributed by atoms with van der Waals surface area (Å²) >= 11 is 5.96. The van der Waals surface area contributed by atoms with Gasteiger partial charge in [0.25, 0.3) is 0 Å². The zero-order valence-corrected chi connectivity index (χ0v) is 18.4. The Morgan fingerprint density at radius 1 is 1.09 bits per heavy atom. The number of aromatic nitrogens is 3. The van der Waals surface area contributed by atoms with Crippen molar-refractivity contribution in [3.8, 4) is 16.9 Å². The first kappa shape index (κ1) is 21.4. The molecule has 33 heavy (non-hydrogen) atoms. The molecule has 1 fully saturated rings. The van der Waals surface area contributed by atoms with Gasteiger partial charge >= 0.3 is 0 Å². The number of piperidine rings is 1. The maximum atomic E-state index is 14.0. The van der Waals surface area contributed by atoms with Crippen LogP contribution in [0, 0.1) is 5.82 Å². The number of nitrogens with one attached hydrogen (secondary N) is 1. The van der Waals surface area contributed by atoms with Gasteiger partial charge in [-0.05, 0) is 54.3 Å². The highest BCUT2D eigenvalue weighted by molar-refractivity contribution is 6.32. The molecule has 9 heteroatoms. The second kappa shape index (κ2) is 8.80. The van der Waals surface area contributed by atoms with Gasteiger partial charge in [-0.3, -0.25) is 4.98 Å². The van der Waals surface area contributed by atoms with Gasteiger partial charge in [0, 0.05) is 36.4 Å². The number of anilines is 3. The molecule has 7 nitrogen and oxygen atoms in total. The van der Waals surface area contributed by atoms with Crippen molar-refractivity contribution in [2.75, 3.05) is 23.3 Å². The standard InChI is InChI=1S/C24H22ClFN6O/c25-19-9-15(10-20(26)23(19)33)14-3-4-21-18(8-14)22(5-6-28-21)31-17-11-29-24(30-12-17)32-7-1-2-16(27)13-32/h3-6,8-12,16,33H,1-2,7,13,27H2,(H,28,31). The van der Waals surface area contributed by atoms with Crippen LogP contribution in [0.2, 0.25) is 5.02 Å². The predicted octanol–water partition coefficient (Wildman–Crippen LogP) is 4.86. The summed E-state index contributed by atoms with van der Waals surface area (Å²) in [6.45, 7) is 1.66. The van der Waals surface area contributed by atoms with E-state index in [0.717, 1.165) is 53.8 Å². The molecular formula is C24H22ClFN6O. The summed E-state index contributed by atoms with van der Waals surface area (Å²) in [5, 5.41) is 13.8. The molecule has 0 radical (unpaired) electrons. The summed E-state index contributed by atoms with van der Waals surface area (Å²) in [4.78, 5) is 15.5. The number of halogens is 2. The third kappa shape index (κ3) is 4.40. The van der Waals surface area contributed by atoms with Crippen molar-refractivity contribution in [1.82, 2.24) is 15.0 Å². The number of pyridine rings is 1. The quantitative estimate of drug-likeness (QED) is 0.396. The summed E-state index contributed by atoms with van der Waals surface area (Å²) in [7, 11) is 0. The average Bonchev–Trinajstić information content (AvgIpc) is 2.83. The van der Waals surface area contributed by atoms with Crippen molar-refractivity contribution in [2.45, 2.75) is 18.9 Å². The molecule has 168 valence electrons. The second-order valence-corrected chi connectivity index (χ2v) is 8.53. The number of rotatable bonds is 4. The molecule has 5 rings (SSSR count). The fourth-order valence-electron chi connectivity index (χ4n) is 4.06. The van der Waals surface area contributed by atoms with Crippen LogP contribution < -0.4 is 16.0 Å². The summed E-state index contributed by atoms with van der Waals surface area (Å²) in [6, 6.07) is 10.4. The van der Waals surface area contributed by atoms with E-state index >= 15 is 0 Å². The molecule has 1 aliphatic rings. The van der Waals surface area contributed by atoms with Gasteiger partial charge in [0.1, 0.15) is 0 Å². The second-order valence-electron chi connectivity index (χ2n) is 8.12. The first-order valence-corrected chi connectivity index (χ1v) is 11.0. The molecule has 0 bridgehead atoms. The van der Waals surface area contributed by atoms with Gasteiger partial charge in [0.05, 0.1) is 28.6 Å². The number of nitrogens with zero attached hydrogens (tertiary/aromatic N) is 4. The van der Waals surface area contributed by atoms with Crippen LogP contribution in [0.5, 0.6) is 5.75 Å². The molecule has 0 saturated carbocycles. The van der Waals surface area contributed by atoms with Crippen molar-refractivity contribution in [3.63, 3.8) is 0 Å². The van der Waals surface area contributed by atoms with E-state index in [1.165, 1.54) is 12.1 Å². The topological polar surface area (TPSA) is 100 Å². The number of benzene rings is 2. The van der Waals surface area contributed by atoms with E-state index in [4.69, 9.17) is 17.3 Å². The number of hydrogen-bond donors (Lipinski definition) is 3. The SMILES string of the molecule is NC1CCCN(c2ncc(Nc3ccnc4ccc(-c5cc(F)c(O)c(Cl)c5)cc34)cn2)C1. The van der Waals surface area contributed by atoms with Gasteiger partial charge in [-0.15, -0.1) is 0 Å². The zero-order valence-electron chi connectivity index (χ0n) is 17.7. The summed E-state index contributed by atoms with van der Waals surface area (Å²) in [5.41, 5.74) is 9.68. The number of hydrogen-bond acceptors (Lipinski definition) is 7. The molecule has 4 aromatic rings. The number of phenolic OH excluding ortho intramolecular Hbond substituents is 1. The fraction of sp³-hybridized carbons (Fsp3) is 0.208. The Bertz CT molecular complexity index is 1290. The molecule has 4 N–H and O–H groups in total. The van der Waals surface area contributed by atoms with Crippen LogP contribution in [-0.4, -0.2) is 39.2 Å². The lowest BCUT2D eigenvalue weighted by Crippen LogP contribution is -2.43. The first-order chi connectivity index (χ1) is 16.0.